The lowest BCUT2D eigenvalue weighted by atomic mass is 10.1. The van der Waals surface area contributed by atoms with Crippen molar-refractivity contribution in [2.75, 3.05) is 12.4 Å². The standard InChI is InChI=1S/C15H16FNO2/c1-10-3-6-15(18)11(7-10)9-17-14-8-12(19-2)4-5-13(14)16/h3-8,17-18H,9H2,1-2H3. The summed E-state index contributed by atoms with van der Waals surface area (Å²) >= 11 is 0. The van der Waals surface area contributed by atoms with E-state index in [2.05, 4.69) is 5.32 Å². The number of hydrogen-bond acceptors (Lipinski definition) is 3. The Labute approximate surface area is 111 Å². The Kier molecular flexibility index (Phi) is 3.90. The number of rotatable bonds is 4. The number of benzene rings is 2. The zero-order valence-corrected chi connectivity index (χ0v) is 10.9. The van der Waals surface area contributed by atoms with E-state index in [0.29, 0.717) is 18.0 Å². The zero-order chi connectivity index (χ0) is 13.8. The number of phenols is 1. The van der Waals surface area contributed by atoms with Gasteiger partial charge in [-0.3, -0.25) is 0 Å². The number of nitrogens with one attached hydrogen (secondary N) is 1. The Balaban J connectivity index is 2.16. The molecule has 0 spiro atoms. The molecule has 0 heterocycles. The highest BCUT2D eigenvalue weighted by atomic mass is 19.1. The fourth-order valence-corrected chi connectivity index (χ4v) is 1.81. The van der Waals surface area contributed by atoms with Crippen LogP contribution in [0.1, 0.15) is 11.1 Å². The van der Waals surface area contributed by atoms with Crippen molar-refractivity contribution in [3.63, 3.8) is 0 Å². The molecule has 0 saturated heterocycles. The third kappa shape index (κ3) is 3.16. The van der Waals surface area contributed by atoms with Gasteiger partial charge in [0.05, 0.1) is 12.8 Å². The number of aryl methyl sites for hydroxylation is 1. The minimum absolute atomic E-state index is 0.196. The van der Waals surface area contributed by atoms with E-state index in [9.17, 15) is 9.50 Å². The van der Waals surface area contributed by atoms with Gasteiger partial charge in [-0.25, -0.2) is 4.39 Å². The zero-order valence-electron chi connectivity index (χ0n) is 10.9. The summed E-state index contributed by atoms with van der Waals surface area (Å²) in [4.78, 5) is 0. The van der Waals surface area contributed by atoms with E-state index in [0.717, 1.165) is 11.1 Å². The van der Waals surface area contributed by atoms with E-state index >= 15 is 0 Å². The average molecular weight is 261 g/mol. The van der Waals surface area contributed by atoms with Gasteiger partial charge in [-0.1, -0.05) is 17.7 Å². The Bertz CT molecular complexity index is 584. The highest BCUT2D eigenvalue weighted by Gasteiger charge is 2.06. The number of phenolic OH excluding ortho intramolecular Hbond substituents is 1. The van der Waals surface area contributed by atoms with E-state index in [1.807, 2.05) is 19.1 Å². The van der Waals surface area contributed by atoms with E-state index in [-0.39, 0.29) is 11.6 Å². The number of methoxy groups -OCH3 is 1. The third-order valence-corrected chi connectivity index (χ3v) is 2.88. The predicted molar refractivity (Wildman–Crippen MR) is 73.1 cm³/mol. The van der Waals surface area contributed by atoms with Crippen LogP contribution in [0, 0.1) is 12.7 Å². The highest BCUT2D eigenvalue weighted by molar-refractivity contribution is 5.50. The number of halogens is 1. The number of hydrogen-bond donors (Lipinski definition) is 2. The van der Waals surface area contributed by atoms with Gasteiger partial charge in [-0.2, -0.15) is 0 Å². The summed E-state index contributed by atoms with van der Waals surface area (Å²) in [5, 5.41) is 12.7. The van der Waals surface area contributed by atoms with Crippen LogP contribution in [0.3, 0.4) is 0 Å². The SMILES string of the molecule is COc1ccc(F)c(NCc2cc(C)ccc2O)c1. The van der Waals surface area contributed by atoms with E-state index in [4.69, 9.17) is 4.74 Å². The second kappa shape index (κ2) is 5.61. The van der Waals surface area contributed by atoms with Crippen LogP contribution >= 0.6 is 0 Å². The van der Waals surface area contributed by atoms with Crippen molar-refractivity contribution in [1.82, 2.24) is 0 Å². The van der Waals surface area contributed by atoms with Crippen molar-refractivity contribution in [2.24, 2.45) is 0 Å². The molecule has 0 aliphatic carbocycles. The van der Waals surface area contributed by atoms with Crippen molar-refractivity contribution >= 4 is 5.69 Å². The average Bonchev–Trinajstić information content (AvgIpc) is 2.41. The highest BCUT2D eigenvalue weighted by Crippen LogP contribution is 2.24. The van der Waals surface area contributed by atoms with Crippen LogP contribution in [0.25, 0.3) is 0 Å². The minimum Gasteiger partial charge on any atom is -0.508 e. The normalized spacial score (nSPS) is 10.3. The van der Waals surface area contributed by atoms with Crippen molar-refractivity contribution in [3.8, 4) is 11.5 Å². The largest absolute Gasteiger partial charge is 0.508 e. The fourth-order valence-electron chi connectivity index (χ4n) is 1.81. The number of aromatic hydroxyl groups is 1. The van der Waals surface area contributed by atoms with Crippen LogP contribution in [0.2, 0.25) is 0 Å². The molecule has 0 unspecified atom stereocenters. The van der Waals surface area contributed by atoms with Gasteiger partial charge in [0.25, 0.3) is 0 Å². The first-order chi connectivity index (χ1) is 9.10. The minimum atomic E-state index is -0.354. The first-order valence-corrected chi connectivity index (χ1v) is 5.96. The van der Waals surface area contributed by atoms with Crippen LogP contribution < -0.4 is 10.1 Å². The Hall–Kier alpha value is -2.23. The van der Waals surface area contributed by atoms with Crippen LogP contribution in [0.4, 0.5) is 10.1 Å². The summed E-state index contributed by atoms with van der Waals surface area (Å²) in [7, 11) is 1.53. The Morgan fingerprint density at radius 1 is 1.21 bits per heavy atom. The van der Waals surface area contributed by atoms with Crippen LogP contribution in [-0.4, -0.2) is 12.2 Å². The summed E-state index contributed by atoms with van der Waals surface area (Å²) < 4.78 is 18.7. The molecule has 0 bridgehead atoms. The van der Waals surface area contributed by atoms with Crippen LogP contribution in [0.5, 0.6) is 11.5 Å². The molecule has 2 rings (SSSR count). The first kappa shape index (κ1) is 13.2. The van der Waals surface area contributed by atoms with Gasteiger partial charge in [0.15, 0.2) is 0 Å². The first-order valence-electron chi connectivity index (χ1n) is 5.96. The maximum atomic E-state index is 13.6. The maximum Gasteiger partial charge on any atom is 0.146 e. The molecule has 4 heteroatoms. The molecule has 0 radical (unpaired) electrons. The molecule has 100 valence electrons. The van der Waals surface area contributed by atoms with Gasteiger partial charge in [0, 0.05) is 18.2 Å². The number of ether oxygens (including phenoxy) is 1. The van der Waals surface area contributed by atoms with Crippen LogP contribution in [0.15, 0.2) is 36.4 Å². The van der Waals surface area contributed by atoms with E-state index in [1.165, 1.54) is 13.2 Å². The summed E-state index contributed by atoms with van der Waals surface area (Å²) in [5.74, 6) is 0.423. The number of anilines is 1. The molecule has 19 heavy (non-hydrogen) atoms. The summed E-state index contributed by atoms with van der Waals surface area (Å²) in [6.45, 7) is 2.28. The molecule has 0 fully saturated rings. The molecule has 0 aliphatic heterocycles. The van der Waals surface area contributed by atoms with Crippen molar-refractivity contribution in [2.45, 2.75) is 13.5 Å². The summed E-state index contributed by atoms with van der Waals surface area (Å²) in [5.41, 5.74) is 2.11. The van der Waals surface area contributed by atoms with Crippen LogP contribution in [-0.2, 0) is 6.54 Å². The van der Waals surface area contributed by atoms with Crippen molar-refractivity contribution < 1.29 is 14.2 Å². The lowest BCUT2D eigenvalue weighted by Crippen LogP contribution is -2.02. The third-order valence-electron chi connectivity index (χ3n) is 2.88. The van der Waals surface area contributed by atoms with Gasteiger partial charge in [0.2, 0.25) is 0 Å². The molecule has 0 atom stereocenters. The Morgan fingerprint density at radius 2 is 2.00 bits per heavy atom. The predicted octanol–water partition coefficient (Wildman–Crippen LogP) is 3.46. The van der Waals surface area contributed by atoms with E-state index < -0.39 is 0 Å². The molecule has 0 saturated carbocycles. The molecular formula is C15H16FNO2. The lowest BCUT2D eigenvalue weighted by molar-refractivity contribution is 0.414. The second-order valence-corrected chi connectivity index (χ2v) is 4.33. The monoisotopic (exact) mass is 261 g/mol. The molecule has 0 amide bonds. The summed E-state index contributed by atoms with van der Waals surface area (Å²) in [6, 6.07) is 9.81. The molecule has 3 nitrogen and oxygen atoms in total. The molecule has 0 aliphatic rings. The Morgan fingerprint density at radius 3 is 2.74 bits per heavy atom. The lowest BCUT2D eigenvalue weighted by Gasteiger charge is -2.11. The smallest absolute Gasteiger partial charge is 0.146 e. The van der Waals surface area contributed by atoms with Crippen molar-refractivity contribution in [3.05, 3.63) is 53.3 Å². The molecule has 2 N–H and O–H groups in total. The van der Waals surface area contributed by atoms with Gasteiger partial charge < -0.3 is 15.2 Å². The fraction of sp³-hybridized carbons (Fsp3) is 0.200. The summed E-state index contributed by atoms with van der Waals surface area (Å²) in [6.07, 6.45) is 0. The molecule has 2 aromatic rings. The van der Waals surface area contributed by atoms with Gasteiger partial charge in [0.1, 0.15) is 17.3 Å². The van der Waals surface area contributed by atoms with Gasteiger partial charge >= 0.3 is 0 Å². The molecule has 0 aromatic heterocycles. The second-order valence-electron chi connectivity index (χ2n) is 4.33. The van der Waals surface area contributed by atoms with Gasteiger partial charge in [-0.05, 0) is 25.1 Å². The molecule has 2 aromatic carbocycles. The topological polar surface area (TPSA) is 41.5 Å². The van der Waals surface area contributed by atoms with Crippen molar-refractivity contribution in [1.29, 1.82) is 0 Å². The van der Waals surface area contributed by atoms with E-state index in [1.54, 1.807) is 18.2 Å². The maximum absolute atomic E-state index is 13.6. The van der Waals surface area contributed by atoms with Gasteiger partial charge in [-0.15, -0.1) is 0 Å². The molecular weight excluding hydrogens is 245 g/mol. The quantitative estimate of drug-likeness (QED) is 0.885.